The molecule has 0 spiro atoms. The number of hydrogen-bond acceptors (Lipinski definition) is 3. The predicted octanol–water partition coefficient (Wildman–Crippen LogP) is 2.90. The van der Waals surface area contributed by atoms with Crippen LogP contribution in [0.15, 0.2) is 24.3 Å². The van der Waals surface area contributed by atoms with Gasteiger partial charge in [-0.15, -0.1) is 12.4 Å². The summed E-state index contributed by atoms with van der Waals surface area (Å²) in [6.45, 7) is 5.47. The van der Waals surface area contributed by atoms with Crippen molar-refractivity contribution in [1.29, 1.82) is 0 Å². The third-order valence-electron chi connectivity index (χ3n) is 3.69. The van der Waals surface area contributed by atoms with Crippen molar-refractivity contribution in [1.82, 2.24) is 4.90 Å². The molecule has 4 heteroatoms. The van der Waals surface area contributed by atoms with Crippen LogP contribution in [-0.2, 0) is 6.42 Å². The molecule has 114 valence electrons. The van der Waals surface area contributed by atoms with E-state index in [1.54, 1.807) is 0 Å². The van der Waals surface area contributed by atoms with Gasteiger partial charge >= 0.3 is 0 Å². The van der Waals surface area contributed by atoms with E-state index >= 15 is 0 Å². The zero-order valence-corrected chi connectivity index (χ0v) is 13.1. The first-order chi connectivity index (χ1) is 9.28. The summed E-state index contributed by atoms with van der Waals surface area (Å²) in [5, 5.41) is 10.00. The highest BCUT2D eigenvalue weighted by molar-refractivity contribution is 5.85. The third-order valence-corrected chi connectivity index (χ3v) is 3.69. The van der Waals surface area contributed by atoms with Crippen molar-refractivity contribution in [2.75, 3.05) is 26.2 Å². The highest BCUT2D eigenvalue weighted by Gasteiger charge is 2.14. The third kappa shape index (κ3) is 5.70. The largest absolute Gasteiger partial charge is 0.491 e. The summed E-state index contributed by atoms with van der Waals surface area (Å²) in [4.78, 5) is 2.33. The Labute approximate surface area is 128 Å². The van der Waals surface area contributed by atoms with E-state index in [-0.39, 0.29) is 12.4 Å². The highest BCUT2D eigenvalue weighted by atomic mass is 35.5. The second-order valence-corrected chi connectivity index (χ2v) is 5.32. The molecule has 1 aromatic rings. The predicted molar refractivity (Wildman–Crippen MR) is 84.9 cm³/mol. The Kier molecular flexibility index (Phi) is 7.97. The Morgan fingerprint density at radius 2 is 1.80 bits per heavy atom. The lowest BCUT2D eigenvalue weighted by molar-refractivity contribution is 0.0617. The molecule has 20 heavy (non-hydrogen) atoms. The molecule has 0 aromatic heterocycles. The second kappa shape index (κ2) is 9.22. The summed E-state index contributed by atoms with van der Waals surface area (Å²) in [6.07, 6.45) is 4.48. The smallest absolute Gasteiger partial charge is 0.119 e. The molecule has 1 aliphatic rings. The maximum atomic E-state index is 10.00. The Bertz CT molecular complexity index is 363. The number of aryl methyl sites for hydroxylation is 1. The van der Waals surface area contributed by atoms with E-state index in [1.165, 1.54) is 24.8 Å². The molecule has 1 N–H and O–H groups in total. The van der Waals surface area contributed by atoms with Crippen LogP contribution in [0.5, 0.6) is 5.75 Å². The van der Waals surface area contributed by atoms with E-state index in [1.807, 2.05) is 12.1 Å². The molecule has 0 amide bonds. The fraction of sp³-hybridized carbons (Fsp3) is 0.625. The van der Waals surface area contributed by atoms with Crippen molar-refractivity contribution < 1.29 is 9.84 Å². The van der Waals surface area contributed by atoms with Crippen LogP contribution in [0.2, 0.25) is 0 Å². The van der Waals surface area contributed by atoms with Gasteiger partial charge in [-0.1, -0.05) is 25.5 Å². The molecule has 1 heterocycles. The van der Waals surface area contributed by atoms with E-state index in [0.29, 0.717) is 6.61 Å². The van der Waals surface area contributed by atoms with Crippen LogP contribution in [0, 0.1) is 0 Å². The molecule has 0 bridgehead atoms. The first-order valence-electron chi connectivity index (χ1n) is 7.40. The van der Waals surface area contributed by atoms with Gasteiger partial charge < -0.3 is 14.7 Å². The molecule has 3 nitrogen and oxygen atoms in total. The summed E-state index contributed by atoms with van der Waals surface area (Å²) in [5.74, 6) is 0.842. The average molecular weight is 300 g/mol. The number of aliphatic hydroxyl groups excluding tert-OH is 1. The molecular weight excluding hydrogens is 274 g/mol. The fourth-order valence-corrected chi connectivity index (χ4v) is 2.51. The molecule has 0 radical (unpaired) electrons. The number of halogens is 1. The normalized spacial score (nSPS) is 17.3. The lowest BCUT2D eigenvalue weighted by atomic mass is 10.1. The van der Waals surface area contributed by atoms with E-state index < -0.39 is 6.10 Å². The van der Waals surface area contributed by atoms with Gasteiger partial charge in [0.05, 0.1) is 0 Å². The number of likely N-dealkylation sites (tertiary alicyclic amines) is 1. The van der Waals surface area contributed by atoms with Gasteiger partial charge in [0.1, 0.15) is 18.5 Å². The first-order valence-corrected chi connectivity index (χ1v) is 7.40. The highest BCUT2D eigenvalue weighted by Crippen LogP contribution is 2.13. The summed E-state index contributed by atoms with van der Waals surface area (Å²) >= 11 is 0. The molecule has 1 saturated heterocycles. The molecular formula is C16H26ClNO2. The van der Waals surface area contributed by atoms with Crippen LogP contribution in [0.25, 0.3) is 0 Å². The van der Waals surface area contributed by atoms with Crippen LogP contribution < -0.4 is 4.74 Å². The SMILES string of the molecule is CCc1ccc(OCC(O)CN2CCCCC2)cc1.Cl. The molecule has 0 saturated carbocycles. The number of ether oxygens (including phenoxy) is 1. The van der Waals surface area contributed by atoms with Crippen molar-refractivity contribution in [3.05, 3.63) is 29.8 Å². The van der Waals surface area contributed by atoms with Gasteiger partial charge in [0.25, 0.3) is 0 Å². The monoisotopic (exact) mass is 299 g/mol. The van der Waals surface area contributed by atoms with Crippen molar-refractivity contribution in [2.45, 2.75) is 38.7 Å². The van der Waals surface area contributed by atoms with Crippen LogP contribution in [0.4, 0.5) is 0 Å². The van der Waals surface area contributed by atoms with Crippen LogP contribution in [-0.4, -0.2) is 42.4 Å². The molecule has 1 fully saturated rings. The van der Waals surface area contributed by atoms with Crippen molar-refractivity contribution in [3.63, 3.8) is 0 Å². The Hall–Kier alpha value is -0.770. The Morgan fingerprint density at radius 1 is 1.15 bits per heavy atom. The van der Waals surface area contributed by atoms with E-state index in [9.17, 15) is 5.11 Å². The number of rotatable bonds is 6. The van der Waals surface area contributed by atoms with E-state index in [0.717, 1.165) is 31.8 Å². The molecule has 1 aliphatic heterocycles. The number of piperidine rings is 1. The summed E-state index contributed by atoms with van der Waals surface area (Å²) in [5.41, 5.74) is 1.31. The minimum atomic E-state index is -0.399. The molecule has 1 unspecified atom stereocenters. The van der Waals surface area contributed by atoms with Gasteiger partial charge in [-0.25, -0.2) is 0 Å². The topological polar surface area (TPSA) is 32.7 Å². The van der Waals surface area contributed by atoms with Gasteiger partial charge in [0, 0.05) is 6.54 Å². The van der Waals surface area contributed by atoms with Gasteiger partial charge in [0.15, 0.2) is 0 Å². The lowest BCUT2D eigenvalue weighted by Crippen LogP contribution is -2.38. The molecule has 2 rings (SSSR count). The number of β-amino-alcohol motifs (C(OH)–C–C–N with tert-alkyl or cyclic N) is 1. The Morgan fingerprint density at radius 3 is 2.40 bits per heavy atom. The standard InChI is InChI=1S/C16H25NO2.ClH/c1-2-14-6-8-16(9-7-14)19-13-15(18)12-17-10-4-3-5-11-17;/h6-9,15,18H,2-5,10-13H2,1H3;1H. The van der Waals surface area contributed by atoms with E-state index in [4.69, 9.17) is 4.74 Å². The number of nitrogens with zero attached hydrogens (tertiary/aromatic N) is 1. The lowest BCUT2D eigenvalue weighted by Gasteiger charge is -2.28. The number of benzene rings is 1. The van der Waals surface area contributed by atoms with Crippen LogP contribution >= 0.6 is 12.4 Å². The van der Waals surface area contributed by atoms with Gasteiger partial charge in [0.2, 0.25) is 0 Å². The van der Waals surface area contributed by atoms with E-state index in [2.05, 4.69) is 24.0 Å². The zero-order valence-electron chi connectivity index (χ0n) is 12.3. The van der Waals surface area contributed by atoms with Crippen molar-refractivity contribution >= 4 is 12.4 Å². The van der Waals surface area contributed by atoms with Crippen molar-refractivity contribution in [2.24, 2.45) is 0 Å². The molecule has 0 aliphatic carbocycles. The molecule has 1 atom stereocenters. The number of hydrogen-bond donors (Lipinski definition) is 1. The second-order valence-electron chi connectivity index (χ2n) is 5.32. The number of aliphatic hydroxyl groups is 1. The fourth-order valence-electron chi connectivity index (χ4n) is 2.51. The summed E-state index contributed by atoms with van der Waals surface area (Å²) in [7, 11) is 0. The van der Waals surface area contributed by atoms with Crippen LogP contribution in [0.3, 0.4) is 0 Å². The van der Waals surface area contributed by atoms with Crippen LogP contribution in [0.1, 0.15) is 31.7 Å². The minimum Gasteiger partial charge on any atom is -0.491 e. The summed E-state index contributed by atoms with van der Waals surface area (Å²) in [6, 6.07) is 8.11. The average Bonchev–Trinajstić information content (AvgIpc) is 2.47. The molecule has 1 aromatic carbocycles. The maximum Gasteiger partial charge on any atom is 0.119 e. The van der Waals surface area contributed by atoms with Crippen molar-refractivity contribution in [3.8, 4) is 5.75 Å². The maximum absolute atomic E-state index is 10.00. The van der Waals surface area contributed by atoms with Gasteiger partial charge in [-0.05, 0) is 50.0 Å². The van der Waals surface area contributed by atoms with Gasteiger partial charge in [-0.3, -0.25) is 0 Å². The Balaban J connectivity index is 0.00000200. The van der Waals surface area contributed by atoms with Gasteiger partial charge in [-0.2, -0.15) is 0 Å². The summed E-state index contributed by atoms with van der Waals surface area (Å²) < 4.78 is 5.63. The quantitative estimate of drug-likeness (QED) is 0.877. The zero-order chi connectivity index (χ0) is 13.5. The minimum absolute atomic E-state index is 0. The first kappa shape index (κ1) is 17.3.